The zero-order valence-electron chi connectivity index (χ0n) is 13.6. The van der Waals surface area contributed by atoms with Gasteiger partial charge in [-0.2, -0.15) is 4.31 Å². The van der Waals surface area contributed by atoms with E-state index < -0.39 is 16.0 Å². The Morgan fingerprint density at radius 2 is 2.08 bits per heavy atom. The second kappa shape index (κ2) is 6.00. The van der Waals surface area contributed by atoms with E-state index in [2.05, 4.69) is 0 Å². The van der Waals surface area contributed by atoms with Gasteiger partial charge in [-0.1, -0.05) is 0 Å². The maximum Gasteiger partial charge on any atom is 0.335 e. The van der Waals surface area contributed by atoms with Crippen molar-refractivity contribution in [2.75, 3.05) is 6.54 Å². The van der Waals surface area contributed by atoms with E-state index in [4.69, 9.17) is 4.42 Å². The molecule has 1 aliphatic heterocycles. The molecule has 6 nitrogen and oxygen atoms in total. The summed E-state index contributed by atoms with van der Waals surface area (Å²) in [6.07, 6.45) is 5.24. The molecule has 2 aliphatic rings. The summed E-state index contributed by atoms with van der Waals surface area (Å²) in [7, 11) is -3.79. The van der Waals surface area contributed by atoms with Gasteiger partial charge in [0.15, 0.2) is 0 Å². The van der Waals surface area contributed by atoms with Crippen molar-refractivity contribution in [3.05, 3.63) is 53.0 Å². The Hall–Kier alpha value is -2.12. The molecule has 0 spiro atoms. The Labute approximate surface area is 146 Å². The maximum absolute atomic E-state index is 13.4. The molecular weight excluding hydrogens is 342 g/mol. The van der Waals surface area contributed by atoms with Crippen molar-refractivity contribution in [2.45, 2.75) is 43.0 Å². The Bertz CT molecular complexity index is 917. The number of carboxylic acids is 1. The first-order chi connectivity index (χ1) is 12.0. The smallest absolute Gasteiger partial charge is 0.335 e. The van der Waals surface area contributed by atoms with E-state index in [0.717, 1.165) is 30.4 Å². The first kappa shape index (κ1) is 16.4. The fourth-order valence-electron chi connectivity index (χ4n) is 3.94. The zero-order valence-corrected chi connectivity index (χ0v) is 14.5. The van der Waals surface area contributed by atoms with Crippen molar-refractivity contribution >= 4 is 16.0 Å². The van der Waals surface area contributed by atoms with E-state index in [0.29, 0.717) is 25.1 Å². The number of aryl methyl sites for hydroxylation is 1. The number of furan rings is 1. The molecule has 2 aromatic rings. The van der Waals surface area contributed by atoms with E-state index in [-0.39, 0.29) is 16.5 Å². The number of aromatic carboxylic acids is 1. The number of carboxylic acid groups (broad SMARTS) is 1. The van der Waals surface area contributed by atoms with E-state index >= 15 is 0 Å². The van der Waals surface area contributed by atoms with Crippen LogP contribution in [0.5, 0.6) is 0 Å². The summed E-state index contributed by atoms with van der Waals surface area (Å²) in [4.78, 5) is 11.6. The molecule has 0 saturated carbocycles. The van der Waals surface area contributed by atoms with Crippen molar-refractivity contribution in [3.8, 4) is 0 Å². The van der Waals surface area contributed by atoms with Crippen LogP contribution in [0.3, 0.4) is 0 Å². The van der Waals surface area contributed by atoms with Crippen molar-refractivity contribution < 1.29 is 22.7 Å². The third-order valence-electron chi connectivity index (χ3n) is 5.08. The second-order valence-electron chi connectivity index (χ2n) is 6.56. The van der Waals surface area contributed by atoms with Crippen molar-refractivity contribution in [2.24, 2.45) is 0 Å². The quantitative estimate of drug-likeness (QED) is 0.904. The average molecular weight is 361 g/mol. The number of hydrogen-bond donors (Lipinski definition) is 1. The Morgan fingerprint density at radius 3 is 2.80 bits per heavy atom. The van der Waals surface area contributed by atoms with Crippen molar-refractivity contribution in [3.63, 3.8) is 0 Å². The summed E-state index contributed by atoms with van der Waals surface area (Å²) in [6.45, 7) is 0.416. The molecule has 7 heteroatoms. The lowest BCUT2D eigenvalue weighted by Gasteiger charge is -2.24. The number of hydrogen-bond acceptors (Lipinski definition) is 4. The number of rotatable bonds is 4. The number of nitrogens with zero attached hydrogens (tertiary/aromatic N) is 1. The highest BCUT2D eigenvalue weighted by Gasteiger charge is 2.39. The predicted octanol–water partition coefficient (Wildman–Crippen LogP) is 2.99. The van der Waals surface area contributed by atoms with E-state index in [1.807, 2.05) is 0 Å². The van der Waals surface area contributed by atoms with E-state index in [1.165, 1.54) is 10.4 Å². The van der Waals surface area contributed by atoms with Gasteiger partial charge in [-0.15, -0.1) is 0 Å². The molecule has 0 bridgehead atoms. The summed E-state index contributed by atoms with van der Waals surface area (Å²) < 4.78 is 33.6. The molecular formula is C18H19NO5S. The summed E-state index contributed by atoms with van der Waals surface area (Å²) in [6, 6.07) is 6.14. The van der Waals surface area contributed by atoms with Crippen LogP contribution < -0.4 is 0 Å². The van der Waals surface area contributed by atoms with Crippen LogP contribution in [0.15, 0.2) is 39.8 Å². The molecule has 0 amide bonds. The molecule has 1 aromatic heterocycles. The SMILES string of the molecule is O=C(O)c1cc2c(c(S(=O)(=O)N3CCCC3c3ccco3)c1)CCC2. The van der Waals surface area contributed by atoms with Crippen LogP contribution in [-0.2, 0) is 22.9 Å². The first-order valence-corrected chi connectivity index (χ1v) is 9.87. The Kier molecular flexibility index (Phi) is 3.92. The highest BCUT2D eigenvalue weighted by Crippen LogP contribution is 2.39. The second-order valence-corrected chi connectivity index (χ2v) is 8.42. The minimum absolute atomic E-state index is 0.0352. The van der Waals surface area contributed by atoms with Gasteiger partial charge in [-0.25, -0.2) is 13.2 Å². The van der Waals surface area contributed by atoms with Crippen LogP contribution in [0.25, 0.3) is 0 Å². The average Bonchev–Trinajstić information content (AvgIpc) is 3.32. The van der Waals surface area contributed by atoms with Crippen LogP contribution in [-0.4, -0.2) is 30.3 Å². The summed E-state index contributed by atoms with van der Waals surface area (Å²) in [5.41, 5.74) is 1.65. The van der Waals surface area contributed by atoms with Crippen LogP contribution >= 0.6 is 0 Å². The third-order valence-corrected chi connectivity index (χ3v) is 7.06. The fraction of sp³-hybridized carbons (Fsp3) is 0.389. The highest BCUT2D eigenvalue weighted by atomic mass is 32.2. The van der Waals surface area contributed by atoms with E-state index in [9.17, 15) is 18.3 Å². The van der Waals surface area contributed by atoms with Gasteiger partial charge < -0.3 is 9.52 Å². The van der Waals surface area contributed by atoms with Gasteiger partial charge in [0.05, 0.1) is 22.8 Å². The molecule has 0 radical (unpaired) electrons. The summed E-state index contributed by atoms with van der Waals surface area (Å²) in [5, 5.41) is 9.35. The molecule has 1 aromatic carbocycles. The monoisotopic (exact) mass is 361 g/mol. The number of fused-ring (bicyclic) bond motifs is 1. The predicted molar refractivity (Wildman–Crippen MR) is 90.0 cm³/mol. The van der Waals surface area contributed by atoms with Crippen molar-refractivity contribution in [1.82, 2.24) is 4.31 Å². The van der Waals surface area contributed by atoms with Crippen LogP contribution in [0, 0.1) is 0 Å². The summed E-state index contributed by atoms with van der Waals surface area (Å²) >= 11 is 0. The van der Waals surface area contributed by atoms with Crippen molar-refractivity contribution in [1.29, 1.82) is 0 Å². The van der Waals surface area contributed by atoms with Gasteiger partial charge in [0.25, 0.3) is 0 Å². The number of sulfonamides is 1. The number of benzene rings is 1. The normalized spacial score (nSPS) is 20.7. The minimum Gasteiger partial charge on any atom is -0.478 e. The molecule has 1 aliphatic carbocycles. The first-order valence-electron chi connectivity index (χ1n) is 8.43. The minimum atomic E-state index is -3.79. The third kappa shape index (κ3) is 2.67. The lowest BCUT2D eigenvalue weighted by atomic mass is 10.1. The zero-order chi connectivity index (χ0) is 17.6. The van der Waals surface area contributed by atoms with Gasteiger partial charge in [0, 0.05) is 6.54 Å². The topological polar surface area (TPSA) is 87.8 Å². The summed E-state index contributed by atoms with van der Waals surface area (Å²) in [5.74, 6) is -0.470. The van der Waals surface area contributed by atoms with Gasteiger partial charge in [-0.3, -0.25) is 0 Å². The van der Waals surface area contributed by atoms with Gasteiger partial charge in [0.1, 0.15) is 5.76 Å². The van der Waals surface area contributed by atoms with Crippen LogP contribution in [0.2, 0.25) is 0 Å². The lowest BCUT2D eigenvalue weighted by molar-refractivity contribution is 0.0696. The largest absolute Gasteiger partial charge is 0.478 e. The van der Waals surface area contributed by atoms with Gasteiger partial charge in [0.2, 0.25) is 10.0 Å². The number of carbonyl (C=O) groups is 1. The Morgan fingerprint density at radius 1 is 1.24 bits per heavy atom. The lowest BCUT2D eigenvalue weighted by Crippen LogP contribution is -2.31. The molecule has 132 valence electrons. The fourth-order valence-corrected chi connectivity index (χ4v) is 5.93. The molecule has 1 fully saturated rings. The molecule has 25 heavy (non-hydrogen) atoms. The highest BCUT2D eigenvalue weighted by molar-refractivity contribution is 7.89. The van der Waals surface area contributed by atoms with E-state index in [1.54, 1.807) is 24.5 Å². The molecule has 1 unspecified atom stereocenters. The van der Waals surface area contributed by atoms with Crippen LogP contribution in [0.4, 0.5) is 0 Å². The molecule has 1 N–H and O–H groups in total. The molecule has 4 rings (SSSR count). The van der Waals surface area contributed by atoms with Gasteiger partial charge >= 0.3 is 5.97 Å². The molecule has 2 heterocycles. The molecule has 1 saturated heterocycles. The van der Waals surface area contributed by atoms with Gasteiger partial charge in [-0.05, 0) is 67.5 Å². The van der Waals surface area contributed by atoms with Crippen LogP contribution in [0.1, 0.15) is 52.5 Å². The molecule has 1 atom stereocenters. The Balaban J connectivity index is 1.82. The maximum atomic E-state index is 13.4. The standard InChI is InChI=1S/C18H19NO5S/c20-18(21)13-10-12-4-1-5-14(12)17(11-13)25(22,23)19-8-2-6-15(19)16-7-3-9-24-16/h3,7,9-11,15H,1-2,4-6,8H2,(H,20,21).